The average molecular weight is 275 g/mol. The highest BCUT2D eigenvalue weighted by atomic mass is 32.2. The molecule has 0 bridgehead atoms. The number of amides is 1. The number of rotatable bonds is 9. The molecule has 0 aromatic rings. The summed E-state index contributed by atoms with van der Waals surface area (Å²) < 4.78 is 39.2. The minimum Gasteiger partial charge on any atom is -0.480 e. The van der Waals surface area contributed by atoms with Crippen molar-refractivity contribution >= 4 is 24.1 Å². The van der Waals surface area contributed by atoms with E-state index < -0.39 is 24.8 Å². The van der Waals surface area contributed by atoms with Gasteiger partial charge in [0.1, 0.15) is 12.6 Å². The zero-order chi connectivity index (χ0) is 13.3. The Morgan fingerprint density at radius 1 is 1.53 bits per heavy atom. The first-order chi connectivity index (χ1) is 7.87. The number of carbonyl (C=O) groups is 2. The smallest absolute Gasteiger partial charge is 0.411 e. The molecular formula is C8H12F3NO4S. The molecule has 0 aliphatic heterocycles. The predicted molar refractivity (Wildman–Crippen MR) is 54.6 cm³/mol. The van der Waals surface area contributed by atoms with Crippen molar-refractivity contribution in [2.45, 2.75) is 18.6 Å². The second-order valence-electron chi connectivity index (χ2n) is 2.95. The van der Waals surface area contributed by atoms with Crippen molar-refractivity contribution in [2.75, 3.05) is 18.3 Å². The number of halogens is 3. The molecule has 0 rings (SSSR count). The van der Waals surface area contributed by atoms with Crippen molar-refractivity contribution in [1.29, 1.82) is 0 Å². The maximum absolute atomic E-state index is 11.6. The number of carbonyl (C=O) groups excluding carboxylic acids is 1. The van der Waals surface area contributed by atoms with Gasteiger partial charge in [-0.05, 0) is 12.2 Å². The van der Waals surface area contributed by atoms with E-state index in [1.165, 1.54) is 0 Å². The van der Waals surface area contributed by atoms with Crippen LogP contribution in [0.25, 0.3) is 0 Å². The van der Waals surface area contributed by atoms with Crippen LogP contribution in [0.1, 0.15) is 6.42 Å². The minimum atomic E-state index is -4.36. The van der Waals surface area contributed by atoms with Crippen molar-refractivity contribution in [2.24, 2.45) is 0 Å². The molecule has 0 aliphatic rings. The van der Waals surface area contributed by atoms with Crippen LogP contribution in [0.3, 0.4) is 0 Å². The van der Waals surface area contributed by atoms with Crippen LogP contribution >= 0.6 is 11.8 Å². The fraction of sp³-hybridized carbons (Fsp3) is 0.750. The van der Waals surface area contributed by atoms with E-state index in [1.807, 2.05) is 0 Å². The largest absolute Gasteiger partial charge is 0.480 e. The van der Waals surface area contributed by atoms with E-state index in [0.717, 1.165) is 11.8 Å². The Morgan fingerprint density at radius 2 is 2.18 bits per heavy atom. The lowest BCUT2D eigenvalue weighted by Gasteiger charge is -2.11. The van der Waals surface area contributed by atoms with Gasteiger partial charge in [-0.15, -0.1) is 11.8 Å². The van der Waals surface area contributed by atoms with Crippen molar-refractivity contribution in [3.05, 3.63) is 0 Å². The van der Waals surface area contributed by atoms with Crippen LogP contribution in [-0.2, 0) is 14.3 Å². The number of carboxylic acids is 1. The summed E-state index contributed by atoms with van der Waals surface area (Å²) in [5.74, 6) is -1.09. The second-order valence-corrected chi connectivity index (χ2v) is 4.01. The van der Waals surface area contributed by atoms with E-state index in [1.54, 1.807) is 0 Å². The average Bonchev–Trinajstić information content (AvgIpc) is 2.19. The van der Waals surface area contributed by atoms with Crippen LogP contribution in [0.5, 0.6) is 0 Å². The Balaban J connectivity index is 3.55. The molecule has 100 valence electrons. The van der Waals surface area contributed by atoms with Gasteiger partial charge in [-0.2, -0.15) is 13.2 Å². The first kappa shape index (κ1) is 16.0. The molecule has 1 unspecified atom stereocenters. The minimum absolute atomic E-state index is 0.119. The highest BCUT2D eigenvalue weighted by molar-refractivity contribution is 7.99. The SMILES string of the molecule is O=CNC(CCSCOCC(F)(F)F)C(=O)O. The van der Waals surface area contributed by atoms with Gasteiger partial charge >= 0.3 is 12.1 Å². The maximum atomic E-state index is 11.6. The number of nitrogens with one attached hydrogen (secondary N) is 1. The summed E-state index contributed by atoms with van der Waals surface area (Å²) in [6.07, 6.45) is -3.97. The van der Waals surface area contributed by atoms with Crippen molar-refractivity contribution in [3.63, 3.8) is 0 Å². The normalized spacial score (nSPS) is 13.1. The molecule has 0 heterocycles. The lowest BCUT2D eigenvalue weighted by Crippen LogP contribution is -2.36. The van der Waals surface area contributed by atoms with E-state index in [9.17, 15) is 22.8 Å². The van der Waals surface area contributed by atoms with E-state index in [0.29, 0.717) is 0 Å². The summed E-state index contributed by atoms with van der Waals surface area (Å²) in [5, 5.41) is 10.7. The Morgan fingerprint density at radius 3 is 2.65 bits per heavy atom. The number of thioether (sulfide) groups is 1. The summed E-state index contributed by atoms with van der Waals surface area (Å²) in [4.78, 5) is 20.6. The van der Waals surface area contributed by atoms with E-state index >= 15 is 0 Å². The van der Waals surface area contributed by atoms with Gasteiger partial charge in [0.05, 0.1) is 5.94 Å². The van der Waals surface area contributed by atoms with Crippen LogP contribution in [0.15, 0.2) is 0 Å². The monoisotopic (exact) mass is 275 g/mol. The van der Waals surface area contributed by atoms with Gasteiger partial charge in [0.15, 0.2) is 0 Å². The van der Waals surface area contributed by atoms with Gasteiger partial charge in [0, 0.05) is 0 Å². The molecule has 1 atom stereocenters. The quantitative estimate of drug-likeness (QED) is 0.370. The molecule has 2 N–H and O–H groups in total. The molecule has 0 aromatic heterocycles. The van der Waals surface area contributed by atoms with Crippen LogP contribution < -0.4 is 5.32 Å². The van der Waals surface area contributed by atoms with Crippen LogP contribution in [0.2, 0.25) is 0 Å². The molecule has 0 aliphatic carbocycles. The van der Waals surface area contributed by atoms with Crippen LogP contribution in [0, 0.1) is 0 Å². The molecule has 0 saturated heterocycles. The van der Waals surface area contributed by atoms with Gasteiger partial charge in [-0.3, -0.25) is 4.79 Å². The topological polar surface area (TPSA) is 75.6 Å². The molecular weight excluding hydrogens is 263 g/mol. The Bertz CT molecular complexity index is 249. The van der Waals surface area contributed by atoms with Gasteiger partial charge in [0.2, 0.25) is 6.41 Å². The molecule has 0 spiro atoms. The number of carboxylic acid groups (broad SMARTS) is 1. The molecule has 5 nitrogen and oxygen atoms in total. The molecule has 0 saturated carbocycles. The Labute approximate surface area is 99.7 Å². The summed E-state index contributed by atoms with van der Waals surface area (Å²) in [6, 6.07) is -1.03. The van der Waals surface area contributed by atoms with Gasteiger partial charge < -0.3 is 15.2 Å². The lowest BCUT2D eigenvalue weighted by atomic mass is 10.2. The molecule has 17 heavy (non-hydrogen) atoms. The van der Waals surface area contributed by atoms with Gasteiger partial charge in [0.25, 0.3) is 0 Å². The van der Waals surface area contributed by atoms with Crippen molar-refractivity contribution in [1.82, 2.24) is 5.32 Å². The number of alkyl halides is 3. The predicted octanol–water partition coefficient (Wildman–Crippen LogP) is 0.845. The van der Waals surface area contributed by atoms with E-state index in [2.05, 4.69) is 10.1 Å². The fourth-order valence-electron chi connectivity index (χ4n) is 0.837. The highest BCUT2D eigenvalue weighted by Gasteiger charge is 2.27. The number of ether oxygens (including phenoxy) is 1. The third kappa shape index (κ3) is 9.94. The van der Waals surface area contributed by atoms with Crippen LogP contribution in [-0.4, -0.2) is 48.0 Å². The van der Waals surface area contributed by atoms with Crippen molar-refractivity contribution in [3.8, 4) is 0 Å². The fourth-order valence-corrected chi connectivity index (χ4v) is 1.56. The third-order valence-corrected chi connectivity index (χ3v) is 2.41. The summed E-state index contributed by atoms with van der Waals surface area (Å²) in [5.41, 5.74) is 0. The zero-order valence-corrected chi connectivity index (χ0v) is 9.51. The van der Waals surface area contributed by atoms with Gasteiger partial charge in [-0.25, -0.2) is 4.79 Å². The number of hydrogen-bond donors (Lipinski definition) is 2. The Hall–Kier alpha value is -0.960. The number of hydrogen-bond acceptors (Lipinski definition) is 4. The number of aliphatic carboxylic acids is 1. The highest BCUT2D eigenvalue weighted by Crippen LogP contribution is 2.15. The Kier molecular flexibility index (Phi) is 7.72. The second kappa shape index (κ2) is 8.18. The zero-order valence-electron chi connectivity index (χ0n) is 8.70. The molecule has 0 radical (unpaired) electrons. The van der Waals surface area contributed by atoms with E-state index in [-0.39, 0.29) is 24.5 Å². The molecule has 1 amide bonds. The van der Waals surface area contributed by atoms with E-state index in [4.69, 9.17) is 5.11 Å². The first-order valence-corrected chi connectivity index (χ1v) is 5.67. The van der Waals surface area contributed by atoms with Crippen molar-refractivity contribution < 1.29 is 32.6 Å². The molecule has 0 fully saturated rings. The molecule has 0 aromatic carbocycles. The lowest BCUT2D eigenvalue weighted by molar-refractivity contribution is -0.168. The summed E-state index contributed by atoms with van der Waals surface area (Å²) in [7, 11) is 0. The molecule has 9 heteroatoms. The summed E-state index contributed by atoms with van der Waals surface area (Å²) >= 11 is 1.02. The summed E-state index contributed by atoms with van der Waals surface area (Å²) in [6.45, 7) is -1.32. The van der Waals surface area contributed by atoms with Crippen LogP contribution in [0.4, 0.5) is 13.2 Å². The van der Waals surface area contributed by atoms with Gasteiger partial charge in [-0.1, -0.05) is 0 Å². The first-order valence-electron chi connectivity index (χ1n) is 4.51. The third-order valence-electron chi connectivity index (χ3n) is 1.55. The standard InChI is InChI=1S/C8H12F3NO4S/c9-8(10,11)3-16-5-17-2-1-6(7(14)15)12-4-13/h4,6H,1-3,5H2,(H,12,13)(H,14,15). The maximum Gasteiger partial charge on any atom is 0.411 e.